The van der Waals surface area contributed by atoms with Crippen LogP contribution in [0.3, 0.4) is 0 Å². The van der Waals surface area contributed by atoms with Crippen molar-refractivity contribution in [2.45, 2.75) is 6.61 Å². The molecule has 2 aromatic carbocycles. The average Bonchev–Trinajstić information content (AvgIpc) is 2.47. The normalized spacial score (nSPS) is 10.0. The van der Waals surface area contributed by atoms with Gasteiger partial charge in [-0.15, -0.1) is 0 Å². The Labute approximate surface area is 112 Å². The Bertz CT molecular complexity index is 538. The van der Waals surface area contributed by atoms with Gasteiger partial charge in [0.05, 0.1) is 19.9 Å². The number of benzene rings is 2. The highest BCUT2D eigenvalue weighted by Crippen LogP contribution is 2.27. The molecule has 0 atom stereocenters. The van der Waals surface area contributed by atoms with E-state index in [0.717, 1.165) is 17.1 Å². The second kappa shape index (κ2) is 6.00. The van der Waals surface area contributed by atoms with E-state index < -0.39 is 0 Å². The lowest BCUT2D eigenvalue weighted by molar-refractivity contribution is 0.303. The number of rotatable bonds is 5. The topological polar surface area (TPSA) is 53.7 Å². The summed E-state index contributed by atoms with van der Waals surface area (Å²) in [4.78, 5) is 0. The van der Waals surface area contributed by atoms with Gasteiger partial charge in [-0.25, -0.2) is 0 Å². The highest BCUT2D eigenvalue weighted by atomic mass is 16.5. The number of hydrogen-bond donors (Lipinski definition) is 1. The molecule has 0 amide bonds. The Morgan fingerprint density at radius 3 is 2.21 bits per heavy atom. The van der Waals surface area contributed by atoms with Crippen molar-refractivity contribution in [1.82, 2.24) is 0 Å². The first kappa shape index (κ1) is 13.1. The molecule has 0 fully saturated rings. The van der Waals surface area contributed by atoms with E-state index >= 15 is 0 Å². The van der Waals surface area contributed by atoms with E-state index in [1.807, 2.05) is 30.3 Å². The van der Waals surface area contributed by atoms with Gasteiger partial charge in [0.25, 0.3) is 0 Å². The lowest BCUT2D eigenvalue weighted by atomic mass is 10.2. The molecule has 2 N–H and O–H groups in total. The van der Waals surface area contributed by atoms with Crippen molar-refractivity contribution in [3.63, 3.8) is 0 Å². The van der Waals surface area contributed by atoms with Crippen molar-refractivity contribution < 1.29 is 14.2 Å². The van der Waals surface area contributed by atoms with Gasteiger partial charge < -0.3 is 19.9 Å². The Balaban J connectivity index is 2.01. The number of anilines is 1. The van der Waals surface area contributed by atoms with Gasteiger partial charge in [0.2, 0.25) is 0 Å². The molecule has 4 heteroatoms. The third-order valence-corrected chi connectivity index (χ3v) is 2.77. The predicted molar refractivity (Wildman–Crippen MR) is 74.7 cm³/mol. The first-order chi connectivity index (χ1) is 9.22. The number of methoxy groups -OCH3 is 2. The standard InChI is InChI=1S/C15H17NO3/c1-17-12-5-3-11(4-6-12)10-19-13-7-8-14(16)15(9-13)18-2/h3-9H,10,16H2,1-2H3. The van der Waals surface area contributed by atoms with E-state index in [1.54, 1.807) is 26.4 Å². The minimum Gasteiger partial charge on any atom is -0.497 e. The second-order valence-electron chi connectivity index (χ2n) is 4.04. The van der Waals surface area contributed by atoms with E-state index in [2.05, 4.69) is 0 Å². The molecule has 0 bridgehead atoms. The van der Waals surface area contributed by atoms with Gasteiger partial charge in [-0.3, -0.25) is 0 Å². The molecular formula is C15H17NO3. The van der Waals surface area contributed by atoms with E-state index in [0.29, 0.717) is 18.0 Å². The van der Waals surface area contributed by atoms with Gasteiger partial charge >= 0.3 is 0 Å². The van der Waals surface area contributed by atoms with Crippen LogP contribution >= 0.6 is 0 Å². The maximum absolute atomic E-state index is 5.74. The van der Waals surface area contributed by atoms with Gasteiger partial charge in [-0.1, -0.05) is 12.1 Å². The Morgan fingerprint density at radius 2 is 1.58 bits per heavy atom. The summed E-state index contributed by atoms with van der Waals surface area (Å²) in [6.07, 6.45) is 0. The second-order valence-corrected chi connectivity index (χ2v) is 4.04. The summed E-state index contributed by atoms with van der Waals surface area (Å²) in [5.41, 5.74) is 7.41. The summed E-state index contributed by atoms with van der Waals surface area (Å²) < 4.78 is 15.9. The summed E-state index contributed by atoms with van der Waals surface area (Å²) in [6.45, 7) is 0.483. The highest BCUT2D eigenvalue weighted by molar-refractivity contribution is 5.55. The monoisotopic (exact) mass is 259 g/mol. The van der Waals surface area contributed by atoms with Crippen LogP contribution in [0.5, 0.6) is 17.2 Å². The smallest absolute Gasteiger partial charge is 0.145 e. The summed E-state index contributed by atoms with van der Waals surface area (Å²) in [5.74, 6) is 2.17. The van der Waals surface area contributed by atoms with Crippen molar-refractivity contribution in [3.8, 4) is 17.2 Å². The molecule has 2 rings (SSSR count). The van der Waals surface area contributed by atoms with E-state index in [1.165, 1.54) is 0 Å². The van der Waals surface area contributed by atoms with Crippen molar-refractivity contribution in [1.29, 1.82) is 0 Å². The Morgan fingerprint density at radius 1 is 0.895 bits per heavy atom. The number of ether oxygens (including phenoxy) is 3. The van der Waals surface area contributed by atoms with E-state index in [9.17, 15) is 0 Å². The van der Waals surface area contributed by atoms with Crippen LogP contribution < -0.4 is 19.9 Å². The fourth-order valence-corrected chi connectivity index (χ4v) is 1.67. The van der Waals surface area contributed by atoms with Crippen molar-refractivity contribution in [2.24, 2.45) is 0 Å². The van der Waals surface area contributed by atoms with Crippen LogP contribution in [-0.2, 0) is 6.61 Å². The minimum atomic E-state index is 0.483. The highest BCUT2D eigenvalue weighted by Gasteiger charge is 2.02. The van der Waals surface area contributed by atoms with Crippen LogP contribution in [0.15, 0.2) is 42.5 Å². The van der Waals surface area contributed by atoms with Crippen LogP contribution in [0.2, 0.25) is 0 Å². The predicted octanol–water partition coefficient (Wildman–Crippen LogP) is 2.87. The van der Waals surface area contributed by atoms with Crippen LogP contribution in [0.1, 0.15) is 5.56 Å². The molecule has 0 unspecified atom stereocenters. The quantitative estimate of drug-likeness (QED) is 0.839. The molecule has 0 aromatic heterocycles. The first-order valence-electron chi connectivity index (χ1n) is 5.92. The van der Waals surface area contributed by atoms with Crippen LogP contribution in [0.25, 0.3) is 0 Å². The van der Waals surface area contributed by atoms with Crippen molar-refractivity contribution in [3.05, 3.63) is 48.0 Å². The zero-order chi connectivity index (χ0) is 13.7. The average molecular weight is 259 g/mol. The van der Waals surface area contributed by atoms with E-state index in [-0.39, 0.29) is 0 Å². The summed E-state index contributed by atoms with van der Waals surface area (Å²) in [5, 5.41) is 0. The number of nitrogen functional groups attached to an aromatic ring is 1. The van der Waals surface area contributed by atoms with Gasteiger partial charge in [0, 0.05) is 6.07 Å². The molecule has 0 radical (unpaired) electrons. The molecule has 0 saturated heterocycles. The molecule has 0 saturated carbocycles. The largest absolute Gasteiger partial charge is 0.497 e. The maximum atomic E-state index is 5.74. The molecule has 0 aliphatic heterocycles. The third kappa shape index (κ3) is 3.31. The molecule has 0 heterocycles. The molecule has 4 nitrogen and oxygen atoms in total. The molecule has 0 spiro atoms. The van der Waals surface area contributed by atoms with Crippen molar-refractivity contribution in [2.75, 3.05) is 20.0 Å². The number of nitrogens with two attached hydrogens (primary N) is 1. The molecule has 100 valence electrons. The van der Waals surface area contributed by atoms with Crippen LogP contribution in [-0.4, -0.2) is 14.2 Å². The fourth-order valence-electron chi connectivity index (χ4n) is 1.67. The van der Waals surface area contributed by atoms with Gasteiger partial charge in [0.15, 0.2) is 0 Å². The van der Waals surface area contributed by atoms with Crippen molar-refractivity contribution >= 4 is 5.69 Å². The zero-order valence-electron chi connectivity index (χ0n) is 11.1. The minimum absolute atomic E-state index is 0.483. The van der Waals surface area contributed by atoms with Crippen LogP contribution in [0, 0.1) is 0 Å². The summed E-state index contributed by atoms with van der Waals surface area (Å²) >= 11 is 0. The van der Waals surface area contributed by atoms with Crippen LogP contribution in [0.4, 0.5) is 5.69 Å². The summed E-state index contributed by atoms with van der Waals surface area (Å²) in [6, 6.07) is 13.1. The Hall–Kier alpha value is -2.36. The fraction of sp³-hybridized carbons (Fsp3) is 0.200. The molecular weight excluding hydrogens is 242 g/mol. The van der Waals surface area contributed by atoms with E-state index in [4.69, 9.17) is 19.9 Å². The first-order valence-corrected chi connectivity index (χ1v) is 5.92. The number of hydrogen-bond acceptors (Lipinski definition) is 4. The molecule has 0 aliphatic rings. The van der Waals surface area contributed by atoms with Gasteiger partial charge in [0.1, 0.15) is 23.9 Å². The lowest BCUT2D eigenvalue weighted by Gasteiger charge is -2.10. The Kier molecular flexibility index (Phi) is 4.13. The van der Waals surface area contributed by atoms with Gasteiger partial charge in [-0.05, 0) is 29.8 Å². The maximum Gasteiger partial charge on any atom is 0.145 e. The lowest BCUT2D eigenvalue weighted by Crippen LogP contribution is -1.97. The summed E-state index contributed by atoms with van der Waals surface area (Å²) in [7, 11) is 3.23. The molecule has 0 aliphatic carbocycles. The third-order valence-electron chi connectivity index (χ3n) is 2.77. The molecule has 19 heavy (non-hydrogen) atoms. The SMILES string of the molecule is COc1ccc(COc2ccc(N)c(OC)c2)cc1. The molecule has 2 aromatic rings. The zero-order valence-corrected chi connectivity index (χ0v) is 11.1. The van der Waals surface area contributed by atoms with Gasteiger partial charge in [-0.2, -0.15) is 0 Å².